The minimum absolute atomic E-state index is 0.149. The number of carbonyl (C=O) groups excluding carboxylic acids is 1. The zero-order chi connectivity index (χ0) is 27.0. The van der Waals surface area contributed by atoms with E-state index in [2.05, 4.69) is 56.0 Å². The quantitative estimate of drug-likeness (QED) is 0.429. The van der Waals surface area contributed by atoms with E-state index in [-0.39, 0.29) is 12.2 Å². The lowest BCUT2D eigenvalue weighted by Crippen LogP contribution is -2.40. The molecular weight excluding hydrogens is 494 g/mol. The summed E-state index contributed by atoms with van der Waals surface area (Å²) in [4.78, 5) is 34.7. The maximum atomic E-state index is 13.9. The summed E-state index contributed by atoms with van der Waals surface area (Å²) in [5.41, 5.74) is 6.29. The first-order valence-electron chi connectivity index (χ1n) is 13.4. The maximum absolute atomic E-state index is 13.9. The Bertz CT molecular complexity index is 1570. The largest absolute Gasteiger partial charge is 0.463 e. The minimum atomic E-state index is -0.590. The number of ether oxygens (including phenoxy) is 1. The molecular formula is C31H35N3O3S. The lowest BCUT2D eigenvalue weighted by molar-refractivity contribution is -0.139. The molecule has 0 N–H and O–H groups in total. The van der Waals surface area contributed by atoms with E-state index in [0.717, 1.165) is 29.8 Å². The topological polar surface area (TPSA) is 63.9 Å². The van der Waals surface area contributed by atoms with Gasteiger partial charge in [0, 0.05) is 18.8 Å². The molecule has 0 amide bonds. The van der Waals surface area contributed by atoms with Crippen LogP contribution in [0.4, 0.5) is 5.69 Å². The van der Waals surface area contributed by atoms with Gasteiger partial charge in [0.05, 0.1) is 28.5 Å². The molecule has 6 nitrogen and oxygen atoms in total. The Hall–Kier alpha value is -3.45. The number of aryl methyl sites for hydroxylation is 1. The van der Waals surface area contributed by atoms with E-state index >= 15 is 0 Å². The third kappa shape index (κ3) is 4.87. The van der Waals surface area contributed by atoms with Crippen LogP contribution in [0.25, 0.3) is 6.08 Å². The number of allylic oxidation sites excluding steroid dienone is 1. The highest BCUT2D eigenvalue weighted by molar-refractivity contribution is 7.07. The number of nitrogens with zero attached hydrogens (tertiary/aromatic N) is 3. The molecule has 198 valence electrons. The number of aromatic nitrogens is 1. The van der Waals surface area contributed by atoms with Gasteiger partial charge in [0.1, 0.15) is 0 Å². The monoisotopic (exact) mass is 529 g/mol. The summed E-state index contributed by atoms with van der Waals surface area (Å²) in [6, 6.07) is 14.0. The molecule has 2 aromatic carbocycles. The van der Waals surface area contributed by atoms with E-state index < -0.39 is 12.0 Å². The van der Waals surface area contributed by atoms with Gasteiger partial charge in [-0.05, 0) is 80.0 Å². The van der Waals surface area contributed by atoms with Gasteiger partial charge in [0.15, 0.2) is 4.80 Å². The van der Waals surface area contributed by atoms with Gasteiger partial charge in [-0.15, -0.1) is 0 Å². The van der Waals surface area contributed by atoms with Crippen molar-refractivity contribution in [3.8, 4) is 0 Å². The van der Waals surface area contributed by atoms with Gasteiger partial charge in [-0.1, -0.05) is 55.5 Å². The molecule has 0 radical (unpaired) electrons. The van der Waals surface area contributed by atoms with Crippen molar-refractivity contribution in [2.75, 3.05) is 24.6 Å². The van der Waals surface area contributed by atoms with Crippen LogP contribution >= 0.6 is 11.3 Å². The van der Waals surface area contributed by atoms with Gasteiger partial charge < -0.3 is 9.64 Å². The van der Waals surface area contributed by atoms with Gasteiger partial charge >= 0.3 is 5.97 Å². The number of hydrogen-bond donors (Lipinski definition) is 0. The molecule has 3 aromatic rings. The molecule has 0 spiro atoms. The van der Waals surface area contributed by atoms with E-state index in [0.29, 0.717) is 26.5 Å². The molecule has 38 heavy (non-hydrogen) atoms. The molecule has 3 heterocycles. The summed E-state index contributed by atoms with van der Waals surface area (Å²) in [6.07, 6.45) is 4.42. The van der Waals surface area contributed by atoms with Crippen molar-refractivity contribution in [2.45, 2.75) is 59.4 Å². The van der Waals surface area contributed by atoms with Gasteiger partial charge in [0.25, 0.3) is 5.56 Å². The number of benzene rings is 2. The van der Waals surface area contributed by atoms with Crippen LogP contribution in [0, 0.1) is 6.92 Å². The van der Waals surface area contributed by atoms with Gasteiger partial charge in [-0.25, -0.2) is 9.79 Å². The second kappa shape index (κ2) is 10.7. The van der Waals surface area contributed by atoms with Crippen LogP contribution in [0.2, 0.25) is 0 Å². The van der Waals surface area contributed by atoms with Crippen molar-refractivity contribution in [1.29, 1.82) is 0 Å². The first-order valence-corrected chi connectivity index (χ1v) is 14.2. The minimum Gasteiger partial charge on any atom is -0.463 e. The number of carbonyl (C=O) groups is 1. The smallest absolute Gasteiger partial charge is 0.338 e. The predicted molar refractivity (Wildman–Crippen MR) is 154 cm³/mol. The molecule has 7 heteroatoms. The molecule has 5 rings (SSSR count). The summed E-state index contributed by atoms with van der Waals surface area (Å²) in [6.45, 7) is 12.4. The van der Waals surface area contributed by atoms with Crippen molar-refractivity contribution >= 4 is 29.1 Å². The van der Waals surface area contributed by atoms with E-state index in [1.54, 1.807) is 11.5 Å². The Morgan fingerprint density at radius 3 is 2.47 bits per heavy atom. The molecule has 0 saturated carbocycles. The SMILES string of the molecule is CCOC(=O)C1=C(C)N=c2sc(=Cc3ccc(N4CCCC4)cc3C)c(=O)n2C1c1ccc(C(C)C)cc1. The van der Waals surface area contributed by atoms with Crippen molar-refractivity contribution in [3.63, 3.8) is 0 Å². The molecule has 1 atom stereocenters. The van der Waals surface area contributed by atoms with Gasteiger partial charge in [-0.3, -0.25) is 9.36 Å². The van der Waals surface area contributed by atoms with Gasteiger partial charge in [-0.2, -0.15) is 0 Å². The van der Waals surface area contributed by atoms with Crippen molar-refractivity contribution in [2.24, 2.45) is 4.99 Å². The molecule has 2 aliphatic rings. The summed E-state index contributed by atoms with van der Waals surface area (Å²) in [5.74, 6) is -0.0535. The fraction of sp³-hybridized carbons (Fsp3) is 0.387. The van der Waals surface area contributed by atoms with Crippen molar-refractivity contribution in [3.05, 3.63) is 95.7 Å². The number of thiazole rings is 1. The predicted octanol–water partition coefficient (Wildman–Crippen LogP) is 4.83. The zero-order valence-corrected chi connectivity index (χ0v) is 23.6. The Balaban J connectivity index is 1.63. The summed E-state index contributed by atoms with van der Waals surface area (Å²) >= 11 is 1.36. The third-order valence-corrected chi connectivity index (χ3v) is 8.43. The van der Waals surface area contributed by atoms with E-state index in [4.69, 9.17) is 9.73 Å². The number of rotatable bonds is 6. The van der Waals surface area contributed by atoms with Crippen LogP contribution in [0.3, 0.4) is 0 Å². The fourth-order valence-corrected chi connectivity index (χ4v) is 6.34. The molecule has 1 saturated heterocycles. The molecule has 2 aliphatic heterocycles. The Labute approximate surface area is 227 Å². The highest BCUT2D eigenvalue weighted by Gasteiger charge is 2.33. The van der Waals surface area contributed by atoms with E-state index in [1.807, 2.05) is 25.1 Å². The summed E-state index contributed by atoms with van der Waals surface area (Å²) in [5, 5.41) is 0. The number of fused-ring (bicyclic) bond motifs is 1. The summed E-state index contributed by atoms with van der Waals surface area (Å²) in [7, 11) is 0. The second-order valence-electron chi connectivity index (χ2n) is 10.4. The Morgan fingerprint density at radius 1 is 1.13 bits per heavy atom. The molecule has 1 fully saturated rings. The van der Waals surface area contributed by atoms with E-state index in [9.17, 15) is 9.59 Å². The van der Waals surface area contributed by atoms with Crippen LogP contribution in [-0.4, -0.2) is 30.2 Å². The maximum Gasteiger partial charge on any atom is 0.338 e. The number of hydrogen-bond acceptors (Lipinski definition) is 6. The first kappa shape index (κ1) is 26.2. The summed E-state index contributed by atoms with van der Waals surface area (Å²) < 4.78 is 7.67. The molecule has 1 aromatic heterocycles. The van der Waals surface area contributed by atoms with Crippen LogP contribution in [0.15, 0.2) is 63.5 Å². The normalized spacial score (nSPS) is 17.7. The number of anilines is 1. The van der Waals surface area contributed by atoms with Crippen LogP contribution < -0.4 is 19.8 Å². The second-order valence-corrected chi connectivity index (χ2v) is 11.4. The van der Waals surface area contributed by atoms with Crippen molar-refractivity contribution in [1.82, 2.24) is 4.57 Å². The number of esters is 1. The Kier molecular flexibility index (Phi) is 7.39. The average molecular weight is 530 g/mol. The molecule has 1 unspecified atom stereocenters. The first-order chi connectivity index (χ1) is 18.3. The fourth-order valence-electron chi connectivity index (χ4n) is 5.31. The lowest BCUT2D eigenvalue weighted by Gasteiger charge is -2.25. The van der Waals surface area contributed by atoms with Gasteiger partial charge in [0.2, 0.25) is 0 Å². The van der Waals surface area contributed by atoms with Crippen LogP contribution in [0.1, 0.15) is 74.8 Å². The average Bonchev–Trinajstić information content (AvgIpc) is 3.53. The molecule has 0 bridgehead atoms. The highest BCUT2D eigenvalue weighted by Crippen LogP contribution is 2.31. The van der Waals surface area contributed by atoms with Crippen LogP contribution in [0.5, 0.6) is 0 Å². The van der Waals surface area contributed by atoms with Crippen molar-refractivity contribution < 1.29 is 9.53 Å². The van der Waals surface area contributed by atoms with Crippen LogP contribution in [-0.2, 0) is 9.53 Å². The third-order valence-electron chi connectivity index (χ3n) is 7.45. The van der Waals surface area contributed by atoms with E-state index in [1.165, 1.54) is 35.4 Å². The lowest BCUT2D eigenvalue weighted by atomic mass is 9.93. The zero-order valence-electron chi connectivity index (χ0n) is 22.8. The molecule has 0 aliphatic carbocycles. The standard InChI is InChI=1S/C31H35N3O3S/c1-6-37-30(36)27-21(5)32-31-34(28(27)23-11-9-22(10-12-23)19(2)3)29(35)26(38-31)18-24-13-14-25(17-20(24)4)33-15-7-8-16-33/h9-14,17-19,28H,6-8,15-16H2,1-5H3. The Morgan fingerprint density at radius 2 is 1.84 bits per heavy atom. The highest BCUT2D eigenvalue weighted by atomic mass is 32.1.